The van der Waals surface area contributed by atoms with Gasteiger partial charge in [0, 0.05) is 13.1 Å². The summed E-state index contributed by atoms with van der Waals surface area (Å²) in [4.78, 5) is 20.3. The molecule has 2 heterocycles. The molecule has 19 heavy (non-hydrogen) atoms. The molecular formula is C12H15N4O2S+. The van der Waals surface area contributed by atoms with Crippen molar-refractivity contribution in [1.29, 1.82) is 0 Å². The van der Waals surface area contributed by atoms with Gasteiger partial charge in [-0.3, -0.25) is 4.79 Å². The number of nitrogens with two attached hydrogens (primary N) is 1. The number of aliphatic hydroxyl groups excluding tert-OH is 1. The van der Waals surface area contributed by atoms with Crippen LogP contribution in [0.1, 0.15) is 26.8 Å². The summed E-state index contributed by atoms with van der Waals surface area (Å²) in [6.07, 6.45) is 1.69. The SMILES string of the molecule is Cc1ncc(C[n+]2csc(C(=O)CO)c2C)c(N)n1. The number of aromatic nitrogens is 3. The van der Waals surface area contributed by atoms with Gasteiger partial charge in [-0.05, 0) is 6.92 Å². The number of aryl methyl sites for hydroxylation is 1. The first-order valence-electron chi connectivity index (χ1n) is 5.72. The van der Waals surface area contributed by atoms with E-state index in [1.807, 2.05) is 17.0 Å². The molecular weight excluding hydrogens is 264 g/mol. The second-order valence-corrected chi connectivity index (χ2v) is 5.03. The monoisotopic (exact) mass is 279 g/mol. The van der Waals surface area contributed by atoms with Crippen LogP contribution in [0.5, 0.6) is 0 Å². The minimum Gasteiger partial charge on any atom is -0.388 e. The van der Waals surface area contributed by atoms with E-state index in [1.54, 1.807) is 13.1 Å². The number of hydrogen-bond acceptors (Lipinski definition) is 6. The highest BCUT2D eigenvalue weighted by atomic mass is 32.1. The molecule has 0 saturated carbocycles. The molecule has 0 aliphatic heterocycles. The summed E-state index contributed by atoms with van der Waals surface area (Å²) in [7, 11) is 0. The minimum absolute atomic E-state index is 0.269. The zero-order valence-corrected chi connectivity index (χ0v) is 11.6. The third-order valence-electron chi connectivity index (χ3n) is 2.81. The van der Waals surface area contributed by atoms with E-state index in [0.29, 0.717) is 23.1 Å². The fraction of sp³-hybridized carbons (Fsp3) is 0.333. The van der Waals surface area contributed by atoms with Crippen LogP contribution in [0.4, 0.5) is 5.82 Å². The molecule has 0 radical (unpaired) electrons. The lowest BCUT2D eigenvalue weighted by Gasteiger charge is -2.01. The van der Waals surface area contributed by atoms with Gasteiger partial charge in [0.1, 0.15) is 23.1 Å². The number of Topliss-reactive ketones (excluding diaryl/α,β-unsaturated/α-hetero) is 1. The number of carbonyl (C=O) groups excluding carboxylic acids is 1. The Balaban J connectivity index is 2.29. The van der Waals surface area contributed by atoms with E-state index in [-0.39, 0.29) is 5.78 Å². The van der Waals surface area contributed by atoms with Crippen molar-refractivity contribution in [2.75, 3.05) is 12.3 Å². The van der Waals surface area contributed by atoms with Crippen LogP contribution < -0.4 is 10.3 Å². The Morgan fingerprint density at radius 2 is 2.26 bits per heavy atom. The summed E-state index contributed by atoms with van der Waals surface area (Å²) in [5.41, 5.74) is 9.29. The molecule has 0 unspecified atom stereocenters. The molecule has 0 amide bonds. The van der Waals surface area contributed by atoms with Gasteiger partial charge in [-0.15, -0.1) is 0 Å². The molecule has 2 aromatic heterocycles. The predicted molar refractivity (Wildman–Crippen MR) is 71.0 cm³/mol. The van der Waals surface area contributed by atoms with Gasteiger partial charge in [0.15, 0.2) is 12.2 Å². The zero-order valence-electron chi connectivity index (χ0n) is 10.8. The van der Waals surface area contributed by atoms with Gasteiger partial charge in [-0.2, -0.15) is 4.57 Å². The fourth-order valence-electron chi connectivity index (χ4n) is 1.72. The van der Waals surface area contributed by atoms with Gasteiger partial charge < -0.3 is 10.8 Å². The van der Waals surface area contributed by atoms with Gasteiger partial charge in [0.2, 0.25) is 11.3 Å². The van der Waals surface area contributed by atoms with Gasteiger partial charge in [0.25, 0.3) is 0 Å². The number of nitrogens with zero attached hydrogens (tertiary/aromatic N) is 3. The Morgan fingerprint density at radius 3 is 2.89 bits per heavy atom. The summed E-state index contributed by atoms with van der Waals surface area (Å²) in [6, 6.07) is 0. The van der Waals surface area contributed by atoms with Crippen LogP contribution in [0.25, 0.3) is 0 Å². The number of anilines is 1. The number of carbonyl (C=O) groups is 1. The third kappa shape index (κ3) is 2.77. The third-order valence-corrected chi connectivity index (χ3v) is 3.93. The smallest absolute Gasteiger partial charge is 0.225 e. The predicted octanol–water partition coefficient (Wildman–Crippen LogP) is 0.248. The molecule has 0 saturated heterocycles. The number of nitrogen functional groups attached to an aromatic ring is 1. The summed E-state index contributed by atoms with van der Waals surface area (Å²) < 4.78 is 1.90. The van der Waals surface area contributed by atoms with Crippen molar-refractivity contribution in [1.82, 2.24) is 9.97 Å². The average Bonchev–Trinajstić information content (AvgIpc) is 2.73. The second-order valence-electron chi connectivity index (χ2n) is 4.17. The van der Waals surface area contributed by atoms with Crippen LogP contribution in [0.2, 0.25) is 0 Å². The van der Waals surface area contributed by atoms with E-state index in [9.17, 15) is 4.79 Å². The standard InChI is InChI=1S/C12H15N4O2S/c1-7-11(10(18)5-17)19-6-16(7)4-9-3-14-8(2)15-12(9)13/h3,6,17H,4-5H2,1-2H3,(H2,13,14,15)/q+1. The van der Waals surface area contributed by atoms with Crippen LogP contribution in [-0.4, -0.2) is 27.5 Å². The molecule has 3 N–H and O–H groups in total. The number of rotatable bonds is 4. The van der Waals surface area contributed by atoms with Crippen molar-refractivity contribution in [2.45, 2.75) is 20.4 Å². The van der Waals surface area contributed by atoms with E-state index in [0.717, 1.165) is 11.3 Å². The molecule has 100 valence electrons. The maximum absolute atomic E-state index is 11.5. The van der Waals surface area contributed by atoms with Crippen LogP contribution in [0.3, 0.4) is 0 Å². The first-order chi connectivity index (χ1) is 9.02. The van der Waals surface area contributed by atoms with E-state index >= 15 is 0 Å². The van der Waals surface area contributed by atoms with E-state index < -0.39 is 6.61 Å². The van der Waals surface area contributed by atoms with E-state index in [4.69, 9.17) is 10.8 Å². The summed E-state index contributed by atoms with van der Waals surface area (Å²) in [5, 5.41) is 8.89. The van der Waals surface area contributed by atoms with E-state index in [2.05, 4.69) is 9.97 Å². The van der Waals surface area contributed by atoms with Crippen molar-refractivity contribution in [3.8, 4) is 0 Å². The molecule has 2 rings (SSSR count). The largest absolute Gasteiger partial charge is 0.388 e. The van der Waals surface area contributed by atoms with Gasteiger partial charge >= 0.3 is 0 Å². The highest BCUT2D eigenvalue weighted by Gasteiger charge is 2.21. The number of ketones is 1. The summed E-state index contributed by atoms with van der Waals surface area (Å²) in [6.45, 7) is 3.65. The normalized spacial score (nSPS) is 10.7. The molecule has 0 fully saturated rings. The first kappa shape index (κ1) is 13.6. The van der Waals surface area contributed by atoms with Crippen LogP contribution in [0.15, 0.2) is 11.7 Å². The summed E-state index contributed by atoms with van der Waals surface area (Å²) >= 11 is 1.31. The van der Waals surface area contributed by atoms with Gasteiger partial charge in [0.05, 0.1) is 5.56 Å². The molecule has 6 nitrogen and oxygen atoms in total. The first-order valence-corrected chi connectivity index (χ1v) is 6.60. The molecule has 7 heteroatoms. The molecule has 0 bridgehead atoms. The molecule has 2 aromatic rings. The van der Waals surface area contributed by atoms with Crippen molar-refractivity contribution < 1.29 is 14.5 Å². The topological polar surface area (TPSA) is 93.0 Å². The Kier molecular flexibility index (Phi) is 3.87. The molecule has 0 atom stereocenters. The van der Waals surface area contributed by atoms with Crippen LogP contribution >= 0.6 is 11.3 Å². The lowest BCUT2D eigenvalue weighted by molar-refractivity contribution is -0.689. The maximum atomic E-state index is 11.5. The van der Waals surface area contributed by atoms with Crippen LogP contribution in [0, 0.1) is 13.8 Å². The Morgan fingerprint density at radius 1 is 1.53 bits per heavy atom. The number of hydrogen-bond donors (Lipinski definition) is 2. The lowest BCUT2D eigenvalue weighted by atomic mass is 10.2. The van der Waals surface area contributed by atoms with Crippen molar-refractivity contribution in [2.24, 2.45) is 0 Å². The van der Waals surface area contributed by atoms with E-state index in [1.165, 1.54) is 11.3 Å². The number of thiazole rings is 1. The number of aliphatic hydroxyl groups is 1. The van der Waals surface area contributed by atoms with Gasteiger partial charge in [-0.1, -0.05) is 11.3 Å². The van der Waals surface area contributed by atoms with Crippen molar-refractivity contribution in [3.63, 3.8) is 0 Å². The fourth-order valence-corrected chi connectivity index (χ4v) is 2.67. The van der Waals surface area contributed by atoms with Crippen molar-refractivity contribution >= 4 is 22.9 Å². The minimum atomic E-state index is -0.475. The Bertz CT molecular complexity index is 624. The highest BCUT2D eigenvalue weighted by molar-refractivity contribution is 7.11. The second kappa shape index (κ2) is 5.41. The molecule has 0 spiro atoms. The van der Waals surface area contributed by atoms with Crippen molar-refractivity contribution in [3.05, 3.63) is 33.7 Å². The lowest BCUT2D eigenvalue weighted by Crippen LogP contribution is -2.36. The Hall–Kier alpha value is -1.86. The highest BCUT2D eigenvalue weighted by Crippen LogP contribution is 2.13. The van der Waals surface area contributed by atoms with Crippen LogP contribution in [-0.2, 0) is 6.54 Å². The van der Waals surface area contributed by atoms with Gasteiger partial charge in [-0.25, -0.2) is 9.97 Å². The molecule has 0 aliphatic carbocycles. The molecule has 0 aromatic carbocycles. The summed E-state index contributed by atoms with van der Waals surface area (Å²) in [5.74, 6) is 0.805. The quantitative estimate of drug-likeness (QED) is 0.618. The Labute approximate surface area is 114 Å². The zero-order chi connectivity index (χ0) is 14.0. The maximum Gasteiger partial charge on any atom is 0.225 e. The average molecular weight is 279 g/mol. The molecule has 0 aliphatic rings.